The molecule has 1 amide bonds. The first-order valence-corrected chi connectivity index (χ1v) is 8.29. The Morgan fingerprint density at radius 1 is 0.963 bits per heavy atom. The van der Waals surface area contributed by atoms with E-state index in [-0.39, 0.29) is 0 Å². The predicted molar refractivity (Wildman–Crippen MR) is 104 cm³/mol. The lowest BCUT2D eigenvalue weighted by atomic mass is 10.1. The molecule has 0 aliphatic carbocycles. The quantitative estimate of drug-likeness (QED) is 0.482. The monoisotopic (exact) mass is 357 g/mol. The Hall–Kier alpha value is -3.93. The molecule has 4 rings (SSSR count). The van der Waals surface area contributed by atoms with E-state index in [9.17, 15) is 9.59 Å². The van der Waals surface area contributed by atoms with Crippen LogP contribution in [0, 0.1) is 0 Å². The number of carbonyl (C=O) groups is 2. The van der Waals surface area contributed by atoms with Gasteiger partial charge in [0.15, 0.2) is 0 Å². The minimum absolute atomic E-state index is 0.499. The van der Waals surface area contributed by atoms with E-state index in [4.69, 9.17) is 5.11 Å². The lowest BCUT2D eigenvalue weighted by Gasteiger charge is -2.03. The highest BCUT2D eigenvalue weighted by Gasteiger charge is 2.07. The molecule has 6 nitrogen and oxygen atoms in total. The maximum absolute atomic E-state index is 11.6. The number of carboxylic acid groups (broad SMARTS) is 1. The van der Waals surface area contributed by atoms with Crippen LogP contribution in [0.5, 0.6) is 0 Å². The van der Waals surface area contributed by atoms with Crippen LogP contribution < -0.4 is 5.32 Å². The summed E-state index contributed by atoms with van der Waals surface area (Å²) in [6.07, 6.45) is 1.77. The number of aromatic nitrogens is 2. The Morgan fingerprint density at radius 2 is 1.67 bits per heavy atom. The summed E-state index contributed by atoms with van der Waals surface area (Å²) < 4.78 is 0. The third kappa shape index (κ3) is 3.55. The number of aliphatic carboxylic acids is 1. The smallest absolute Gasteiger partial charge is 0.328 e. The Morgan fingerprint density at radius 3 is 2.37 bits per heavy atom. The molecule has 0 spiro atoms. The van der Waals surface area contributed by atoms with Crippen LogP contribution >= 0.6 is 0 Å². The summed E-state index contributed by atoms with van der Waals surface area (Å²) >= 11 is 0. The van der Waals surface area contributed by atoms with Crippen LogP contribution in [0.3, 0.4) is 0 Å². The number of aromatic amines is 1. The molecular weight excluding hydrogens is 342 g/mol. The number of anilines is 1. The van der Waals surface area contributed by atoms with Crippen LogP contribution in [0.25, 0.3) is 33.2 Å². The number of carboxylic acids is 1. The number of amides is 1. The lowest BCUT2D eigenvalue weighted by molar-refractivity contribution is -0.131. The molecular formula is C21H15N3O3. The second-order valence-electron chi connectivity index (χ2n) is 6.04. The van der Waals surface area contributed by atoms with Crippen molar-refractivity contribution in [3.05, 3.63) is 72.8 Å². The highest BCUT2D eigenvalue weighted by Crippen LogP contribution is 2.25. The molecule has 0 saturated carbocycles. The van der Waals surface area contributed by atoms with Gasteiger partial charge in [0.2, 0.25) is 5.91 Å². The van der Waals surface area contributed by atoms with Crippen molar-refractivity contribution >= 4 is 39.4 Å². The highest BCUT2D eigenvalue weighted by atomic mass is 16.4. The van der Waals surface area contributed by atoms with Crippen molar-refractivity contribution in [1.29, 1.82) is 0 Å². The molecule has 27 heavy (non-hydrogen) atoms. The molecule has 0 atom stereocenters. The van der Waals surface area contributed by atoms with Crippen LogP contribution in [-0.4, -0.2) is 27.0 Å². The van der Waals surface area contributed by atoms with Gasteiger partial charge in [-0.2, -0.15) is 0 Å². The number of nitrogens with one attached hydrogen (secondary N) is 2. The first-order chi connectivity index (χ1) is 13.1. The second kappa shape index (κ2) is 6.76. The standard InChI is InChI=1S/C21H15N3O3/c25-19(9-10-20(26)27)22-16-7-5-13(6-8-16)21-23-17-11-14-3-1-2-4-15(14)12-18(17)24-21/h1-12H,(H,22,25)(H,23,24)(H,26,27). The van der Waals surface area contributed by atoms with Gasteiger partial charge in [-0.25, -0.2) is 9.78 Å². The van der Waals surface area contributed by atoms with E-state index < -0.39 is 11.9 Å². The van der Waals surface area contributed by atoms with Crippen molar-refractivity contribution in [2.75, 3.05) is 5.32 Å². The minimum atomic E-state index is -1.17. The number of H-pyrrole nitrogens is 1. The Labute approximate surface area is 154 Å². The van der Waals surface area contributed by atoms with E-state index in [1.807, 2.05) is 30.3 Å². The summed E-state index contributed by atoms with van der Waals surface area (Å²) in [6, 6.07) is 19.4. The molecule has 1 heterocycles. The van der Waals surface area contributed by atoms with Gasteiger partial charge in [-0.1, -0.05) is 24.3 Å². The molecule has 132 valence electrons. The number of fused-ring (bicyclic) bond motifs is 2. The SMILES string of the molecule is O=C(O)C=CC(=O)Nc1ccc(-c2nc3cc4ccccc4cc3[nH]2)cc1. The molecule has 0 saturated heterocycles. The van der Waals surface area contributed by atoms with E-state index in [2.05, 4.69) is 33.5 Å². The molecule has 0 radical (unpaired) electrons. The fourth-order valence-electron chi connectivity index (χ4n) is 2.88. The van der Waals surface area contributed by atoms with Gasteiger partial charge in [-0.05, 0) is 47.2 Å². The van der Waals surface area contributed by atoms with Gasteiger partial charge in [0.1, 0.15) is 5.82 Å². The number of benzene rings is 3. The fraction of sp³-hybridized carbons (Fsp3) is 0. The molecule has 3 N–H and O–H groups in total. The number of nitrogens with zero attached hydrogens (tertiary/aromatic N) is 1. The van der Waals surface area contributed by atoms with Crippen LogP contribution in [0.15, 0.2) is 72.8 Å². The second-order valence-corrected chi connectivity index (χ2v) is 6.04. The van der Waals surface area contributed by atoms with E-state index in [0.29, 0.717) is 5.69 Å². The summed E-state index contributed by atoms with van der Waals surface area (Å²) in [5, 5.41) is 13.4. The maximum atomic E-state index is 11.6. The van der Waals surface area contributed by atoms with Crippen molar-refractivity contribution in [1.82, 2.24) is 9.97 Å². The zero-order valence-corrected chi connectivity index (χ0v) is 14.1. The van der Waals surface area contributed by atoms with E-state index in [1.165, 1.54) is 0 Å². The third-order valence-corrected chi connectivity index (χ3v) is 4.15. The van der Waals surface area contributed by atoms with Gasteiger partial charge in [0.25, 0.3) is 0 Å². The normalized spacial score (nSPS) is 11.3. The first kappa shape index (κ1) is 16.5. The zero-order chi connectivity index (χ0) is 18.8. The van der Waals surface area contributed by atoms with Crippen molar-refractivity contribution < 1.29 is 14.7 Å². The molecule has 1 aromatic heterocycles. The van der Waals surface area contributed by atoms with Gasteiger partial charge < -0.3 is 15.4 Å². The largest absolute Gasteiger partial charge is 0.478 e. The molecule has 4 aromatic rings. The Kier molecular flexibility index (Phi) is 4.14. The van der Waals surface area contributed by atoms with Gasteiger partial charge in [-0.3, -0.25) is 4.79 Å². The number of carbonyl (C=O) groups excluding carboxylic acids is 1. The van der Waals surface area contributed by atoms with Crippen molar-refractivity contribution in [3.63, 3.8) is 0 Å². The lowest BCUT2D eigenvalue weighted by Crippen LogP contribution is -2.08. The highest BCUT2D eigenvalue weighted by molar-refractivity contribution is 6.02. The summed E-state index contributed by atoms with van der Waals surface area (Å²) in [5.74, 6) is -0.928. The van der Waals surface area contributed by atoms with Gasteiger partial charge in [0.05, 0.1) is 11.0 Å². The van der Waals surface area contributed by atoms with Crippen LogP contribution in [-0.2, 0) is 9.59 Å². The molecule has 0 fully saturated rings. The number of imidazole rings is 1. The first-order valence-electron chi connectivity index (χ1n) is 8.29. The maximum Gasteiger partial charge on any atom is 0.328 e. The summed E-state index contributed by atoms with van der Waals surface area (Å²) in [5.41, 5.74) is 3.30. The van der Waals surface area contributed by atoms with Gasteiger partial charge >= 0.3 is 5.97 Å². The summed E-state index contributed by atoms with van der Waals surface area (Å²) in [6.45, 7) is 0. The molecule has 0 aliphatic rings. The van der Waals surface area contributed by atoms with Gasteiger partial charge in [-0.15, -0.1) is 0 Å². The minimum Gasteiger partial charge on any atom is -0.478 e. The summed E-state index contributed by atoms with van der Waals surface area (Å²) in [4.78, 5) is 30.0. The molecule has 0 unspecified atom stereocenters. The Bertz CT molecular complexity index is 1140. The Balaban J connectivity index is 1.59. The number of rotatable bonds is 4. The van der Waals surface area contributed by atoms with Crippen molar-refractivity contribution in [3.8, 4) is 11.4 Å². The van der Waals surface area contributed by atoms with E-state index >= 15 is 0 Å². The molecule has 0 bridgehead atoms. The summed E-state index contributed by atoms with van der Waals surface area (Å²) in [7, 11) is 0. The van der Waals surface area contributed by atoms with E-state index in [1.54, 1.807) is 12.1 Å². The third-order valence-electron chi connectivity index (χ3n) is 4.15. The van der Waals surface area contributed by atoms with Gasteiger partial charge in [0, 0.05) is 23.4 Å². The zero-order valence-electron chi connectivity index (χ0n) is 14.1. The number of hydrogen-bond donors (Lipinski definition) is 3. The average molecular weight is 357 g/mol. The van der Waals surface area contributed by atoms with Crippen LogP contribution in [0.4, 0.5) is 5.69 Å². The van der Waals surface area contributed by atoms with Crippen LogP contribution in [0.1, 0.15) is 0 Å². The predicted octanol–water partition coefficient (Wildman–Crippen LogP) is 3.96. The van der Waals surface area contributed by atoms with Crippen molar-refractivity contribution in [2.24, 2.45) is 0 Å². The topological polar surface area (TPSA) is 95.1 Å². The molecule has 0 aliphatic heterocycles. The average Bonchev–Trinajstić information content (AvgIpc) is 3.08. The van der Waals surface area contributed by atoms with Crippen LogP contribution in [0.2, 0.25) is 0 Å². The van der Waals surface area contributed by atoms with Crippen molar-refractivity contribution in [2.45, 2.75) is 0 Å². The molecule has 6 heteroatoms. The number of hydrogen-bond acceptors (Lipinski definition) is 3. The molecule has 3 aromatic carbocycles. The fourth-order valence-corrected chi connectivity index (χ4v) is 2.88. The van der Waals surface area contributed by atoms with E-state index in [0.717, 1.165) is 45.3 Å².